The highest BCUT2D eigenvalue weighted by Gasteiger charge is 2.35. The summed E-state index contributed by atoms with van der Waals surface area (Å²) in [5.74, 6) is 1.42. The van der Waals surface area contributed by atoms with Crippen molar-refractivity contribution in [3.63, 3.8) is 0 Å². The maximum atomic E-state index is 12.3. The molecule has 130 valence electrons. The summed E-state index contributed by atoms with van der Waals surface area (Å²) >= 11 is 0. The second-order valence-corrected chi connectivity index (χ2v) is 7.23. The minimum atomic E-state index is 0.0148. The number of pyridine rings is 1. The number of nitrogens with zero attached hydrogens (tertiary/aromatic N) is 1. The van der Waals surface area contributed by atoms with Crippen LogP contribution in [0.1, 0.15) is 57.2 Å². The molecule has 0 bridgehead atoms. The highest BCUT2D eigenvalue weighted by molar-refractivity contribution is 5.81. The molecule has 24 heavy (non-hydrogen) atoms. The summed E-state index contributed by atoms with van der Waals surface area (Å²) in [6.45, 7) is 2.33. The molecule has 2 saturated carbocycles. The van der Waals surface area contributed by atoms with Crippen molar-refractivity contribution in [1.82, 2.24) is 15.6 Å². The van der Waals surface area contributed by atoms with Crippen LogP contribution in [-0.4, -0.2) is 23.3 Å². The molecule has 0 aliphatic heterocycles. The zero-order valence-corrected chi connectivity index (χ0v) is 14.3. The number of carbonyl (C=O) groups is 2. The van der Waals surface area contributed by atoms with E-state index < -0.39 is 0 Å². The lowest BCUT2D eigenvalue weighted by Crippen LogP contribution is -2.37. The van der Waals surface area contributed by atoms with Gasteiger partial charge in [0.1, 0.15) is 0 Å². The van der Waals surface area contributed by atoms with E-state index in [1.807, 2.05) is 18.2 Å². The summed E-state index contributed by atoms with van der Waals surface area (Å²) in [5, 5.41) is 6.18. The Bertz CT molecular complexity index is 563. The Kier molecular flexibility index (Phi) is 5.48. The second-order valence-electron chi connectivity index (χ2n) is 7.23. The van der Waals surface area contributed by atoms with Gasteiger partial charge in [-0.05, 0) is 62.5 Å². The fraction of sp³-hybridized carbons (Fsp3) is 0.632. The topological polar surface area (TPSA) is 71.1 Å². The van der Waals surface area contributed by atoms with E-state index in [0.717, 1.165) is 50.8 Å². The van der Waals surface area contributed by atoms with E-state index in [0.29, 0.717) is 11.8 Å². The van der Waals surface area contributed by atoms with Crippen LogP contribution < -0.4 is 10.6 Å². The van der Waals surface area contributed by atoms with Gasteiger partial charge < -0.3 is 10.6 Å². The van der Waals surface area contributed by atoms with E-state index in [-0.39, 0.29) is 23.8 Å². The number of rotatable bonds is 6. The molecule has 2 aliphatic carbocycles. The van der Waals surface area contributed by atoms with Crippen molar-refractivity contribution in [2.75, 3.05) is 6.54 Å². The first-order valence-electron chi connectivity index (χ1n) is 9.09. The van der Waals surface area contributed by atoms with Crippen LogP contribution in [0, 0.1) is 17.8 Å². The SMILES string of the molecule is CC(=O)NCC1CCC([C@@H](NC(=O)C2CC2)c2ccccn2)CC1. The van der Waals surface area contributed by atoms with Gasteiger partial charge in [-0.3, -0.25) is 14.6 Å². The summed E-state index contributed by atoms with van der Waals surface area (Å²) in [6.07, 6.45) is 8.15. The van der Waals surface area contributed by atoms with Crippen LogP contribution in [0.15, 0.2) is 24.4 Å². The van der Waals surface area contributed by atoms with E-state index in [9.17, 15) is 9.59 Å². The van der Waals surface area contributed by atoms with E-state index in [2.05, 4.69) is 15.6 Å². The van der Waals surface area contributed by atoms with Crippen molar-refractivity contribution in [2.24, 2.45) is 17.8 Å². The van der Waals surface area contributed by atoms with E-state index in [4.69, 9.17) is 0 Å². The van der Waals surface area contributed by atoms with Crippen LogP contribution in [0.2, 0.25) is 0 Å². The lowest BCUT2D eigenvalue weighted by molar-refractivity contribution is -0.123. The van der Waals surface area contributed by atoms with Gasteiger partial charge >= 0.3 is 0 Å². The van der Waals surface area contributed by atoms with Crippen molar-refractivity contribution in [3.05, 3.63) is 30.1 Å². The van der Waals surface area contributed by atoms with Crippen LogP contribution >= 0.6 is 0 Å². The molecule has 5 heteroatoms. The molecule has 2 N–H and O–H groups in total. The highest BCUT2D eigenvalue weighted by Crippen LogP contribution is 2.37. The Morgan fingerprint density at radius 2 is 1.92 bits per heavy atom. The Balaban J connectivity index is 1.61. The third kappa shape index (κ3) is 4.56. The summed E-state index contributed by atoms with van der Waals surface area (Å²) in [4.78, 5) is 27.8. The molecule has 0 saturated heterocycles. The number of amides is 2. The first-order valence-corrected chi connectivity index (χ1v) is 9.09. The Hall–Kier alpha value is -1.91. The van der Waals surface area contributed by atoms with Crippen molar-refractivity contribution in [1.29, 1.82) is 0 Å². The molecule has 5 nitrogen and oxygen atoms in total. The van der Waals surface area contributed by atoms with Gasteiger partial charge in [0, 0.05) is 25.6 Å². The normalized spacial score (nSPS) is 24.9. The maximum absolute atomic E-state index is 12.3. The second kappa shape index (κ2) is 7.77. The van der Waals surface area contributed by atoms with E-state index in [1.54, 1.807) is 13.1 Å². The van der Waals surface area contributed by atoms with Crippen LogP contribution in [0.25, 0.3) is 0 Å². The van der Waals surface area contributed by atoms with Crippen LogP contribution in [0.5, 0.6) is 0 Å². The van der Waals surface area contributed by atoms with Gasteiger partial charge in [0.05, 0.1) is 11.7 Å². The number of carbonyl (C=O) groups excluding carboxylic acids is 2. The predicted octanol–water partition coefficient (Wildman–Crippen LogP) is 2.59. The molecule has 0 aromatic carbocycles. The van der Waals surface area contributed by atoms with Gasteiger partial charge in [0.2, 0.25) is 11.8 Å². The van der Waals surface area contributed by atoms with Crippen molar-refractivity contribution in [3.8, 4) is 0 Å². The monoisotopic (exact) mass is 329 g/mol. The minimum absolute atomic E-state index is 0.0148. The molecule has 0 spiro atoms. The zero-order chi connectivity index (χ0) is 16.9. The standard InChI is InChI=1S/C19H27N3O2/c1-13(23)21-12-14-5-7-15(8-6-14)18(17-4-2-3-11-20-17)22-19(24)16-9-10-16/h2-4,11,14-16,18H,5-10,12H2,1H3,(H,21,23)(H,22,24)/t14?,15?,18-/m1/s1. The summed E-state index contributed by atoms with van der Waals surface area (Å²) in [7, 11) is 0. The van der Waals surface area contributed by atoms with Crippen molar-refractivity contribution < 1.29 is 9.59 Å². The Labute approximate surface area is 143 Å². The predicted molar refractivity (Wildman–Crippen MR) is 92.0 cm³/mol. The minimum Gasteiger partial charge on any atom is -0.356 e. The maximum Gasteiger partial charge on any atom is 0.223 e. The van der Waals surface area contributed by atoms with Gasteiger partial charge in [0.25, 0.3) is 0 Å². The summed E-state index contributed by atoms with van der Waals surface area (Å²) in [6, 6.07) is 5.93. The molecule has 1 aromatic heterocycles. The van der Waals surface area contributed by atoms with Gasteiger partial charge in [-0.25, -0.2) is 0 Å². The largest absolute Gasteiger partial charge is 0.356 e. The smallest absolute Gasteiger partial charge is 0.223 e. The number of nitrogens with one attached hydrogen (secondary N) is 2. The summed E-state index contributed by atoms with van der Waals surface area (Å²) < 4.78 is 0. The molecule has 2 fully saturated rings. The average Bonchev–Trinajstić information content (AvgIpc) is 3.44. The number of aromatic nitrogens is 1. The molecule has 3 rings (SSSR count). The third-order valence-electron chi connectivity index (χ3n) is 5.25. The fourth-order valence-corrected chi connectivity index (χ4v) is 3.62. The molecular weight excluding hydrogens is 302 g/mol. The Morgan fingerprint density at radius 1 is 1.17 bits per heavy atom. The molecule has 2 aliphatic rings. The summed E-state index contributed by atoms with van der Waals surface area (Å²) in [5.41, 5.74) is 0.969. The molecule has 0 unspecified atom stereocenters. The van der Waals surface area contributed by atoms with E-state index >= 15 is 0 Å². The van der Waals surface area contributed by atoms with Gasteiger partial charge in [-0.1, -0.05) is 6.07 Å². The quantitative estimate of drug-likeness (QED) is 0.843. The lowest BCUT2D eigenvalue weighted by atomic mass is 9.77. The molecule has 2 amide bonds. The van der Waals surface area contributed by atoms with Gasteiger partial charge in [-0.15, -0.1) is 0 Å². The lowest BCUT2D eigenvalue weighted by Gasteiger charge is -2.34. The van der Waals surface area contributed by atoms with Crippen LogP contribution in [0.4, 0.5) is 0 Å². The Morgan fingerprint density at radius 3 is 2.50 bits per heavy atom. The molecule has 1 aromatic rings. The molecule has 1 heterocycles. The van der Waals surface area contributed by atoms with Gasteiger partial charge in [0.15, 0.2) is 0 Å². The number of hydrogen-bond acceptors (Lipinski definition) is 3. The fourth-order valence-electron chi connectivity index (χ4n) is 3.62. The van der Waals surface area contributed by atoms with Crippen LogP contribution in [-0.2, 0) is 9.59 Å². The highest BCUT2D eigenvalue weighted by atomic mass is 16.2. The third-order valence-corrected chi connectivity index (χ3v) is 5.25. The first kappa shape index (κ1) is 16.9. The zero-order valence-electron chi connectivity index (χ0n) is 14.3. The molecule has 1 atom stereocenters. The van der Waals surface area contributed by atoms with Crippen molar-refractivity contribution in [2.45, 2.75) is 51.5 Å². The average molecular weight is 329 g/mol. The first-order chi connectivity index (χ1) is 11.6. The van der Waals surface area contributed by atoms with E-state index in [1.165, 1.54) is 0 Å². The number of hydrogen-bond donors (Lipinski definition) is 2. The van der Waals surface area contributed by atoms with Gasteiger partial charge in [-0.2, -0.15) is 0 Å². The molecule has 0 radical (unpaired) electrons. The van der Waals surface area contributed by atoms with Crippen LogP contribution in [0.3, 0.4) is 0 Å². The molecular formula is C19H27N3O2. The van der Waals surface area contributed by atoms with Crippen molar-refractivity contribution >= 4 is 11.8 Å².